The Labute approximate surface area is 143 Å². The van der Waals surface area contributed by atoms with Crippen molar-refractivity contribution in [2.45, 2.75) is 12.3 Å². The van der Waals surface area contributed by atoms with E-state index in [1.165, 1.54) is 0 Å². The fourth-order valence-corrected chi connectivity index (χ4v) is 3.52. The number of phenols is 1. The van der Waals surface area contributed by atoms with Crippen molar-refractivity contribution in [1.82, 2.24) is 9.78 Å². The Bertz CT molecular complexity index is 759. The number of halogens is 2. The van der Waals surface area contributed by atoms with Crippen LogP contribution in [0.1, 0.15) is 17.9 Å². The van der Waals surface area contributed by atoms with Crippen LogP contribution in [0.4, 0.5) is 5.69 Å². The molecular formula is C15H13Cl2N3OS. The van der Waals surface area contributed by atoms with E-state index in [9.17, 15) is 5.11 Å². The van der Waals surface area contributed by atoms with Crippen LogP contribution >= 0.6 is 35.4 Å². The minimum atomic E-state index is -0.00854. The van der Waals surface area contributed by atoms with Gasteiger partial charge < -0.3 is 10.0 Å². The second-order valence-corrected chi connectivity index (χ2v) is 6.32. The summed E-state index contributed by atoms with van der Waals surface area (Å²) in [6, 6.07) is 3.15. The molecule has 1 aliphatic heterocycles. The first kappa shape index (κ1) is 15.3. The molecule has 0 bridgehead atoms. The van der Waals surface area contributed by atoms with E-state index < -0.39 is 0 Å². The molecule has 0 unspecified atom stereocenters. The van der Waals surface area contributed by atoms with Crippen LogP contribution in [-0.4, -0.2) is 26.4 Å². The molecule has 1 fully saturated rings. The number of nitrogens with zero attached hydrogens (tertiary/aromatic N) is 3. The van der Waals surface area contributed by atoms with Gasteiger partial charge in [-0.25, -0.2) is 4.68 Å². The quantitative estimate of drug-likeness (QED) is 0.834. The average molecular weight is 354 g/mol. The molecule has 2 aromatic rings. The van der Waals surface area contributed by atoms with Gasteiger partial charge in [0.15, 0.2) is 0 Å². The lowest BCUT2D eigenvalue weighted by Crippen LogP contribution is -2.22. The topological polar surface area (TPSA) is 41.3 Å². The van der Waals surface area contributed by atoms with Crippen LogP contribution < -0.4 is 4.90 Å². The first-order valence-electron chi connectivity index (χ1n) is 6.65. The Morgan fingerprint density at radius 1 is 1.41 bits per heavy atom. The number of phenolic OH excluding ortho intramolecular Hbond substituents is 1. The van der Waals surface area contributed by atoms with E-state index in [1.807, 2.05) is 11.1 Å². The van der Waals surface area contributed by atoms with E-state index in [0.717, 1.165) is 10.7 Å². The molecule has 1 aromatic carbocycles. The molecular weight excluding hydrogens is 341 g/mol. The third-order valence-corrected chi connectivity index (χ3v) is 4.94. The van der Waals surface area contributed by atoms with Gasteiger partial charge in [0.2, 0.25) is 0 Å². The maximum Gasteiger partial charge on any atom is 0.120 e. The predicted octanol–water partition coefficient (Wildman–Crippen LogP) is 4.32. The summed E-state index contributed by atoms with van der Waals surface area (Å²) in [5.41, 5.74) is 1.54. The normalized spacial score (nSPS) is 18.0. The van der Waals surface area contributed by atoms with Crippen LogP contribution in [0.5, 0.6) is 5.75 Å². The van der Waals surface area contributed by atoms with Crippen molar-refractivity contribution in [3.05, 3.63) is 46.7 Å². The van der Waals surface area contributed by atoms with Crippen molar-refractivity contribution < 1.29 is 5.11 Å². The average Bonchev–Trinajstić information content (AvgIpc) is 3.10. The van der Waals surface area contributed by atoms with E-state index in [0.29, 0.717) is 28.6 Å². The van der Waals surface area contributed by atoms with Gasteiger partial charge in [-0.1, -0.05) is 42.0 Å². The Balaban J connectivity index is 1.92. The minimum absolute atomic E-state index is 0.00854. The van der Waals surface area contributed by atoms with Crippen LogP contribution in [0.3, 0.4) is 0 Å². The Hall–Kier alpha value is -1.56. The number of aromatic hydroxyl groups is 1. The van der Waals surface area contributed by atoms with Crippen molar-refractivity contribution in [3.8, 4) is 5.75 Å². The molecule has 1 saturated heterocycles. The fourth-order valence-electron chi connectivity index (χ4n) is 2.66. The Morgan fingerprint density at radius 2 is 2.18 bits per heavy atom. The van der Waals surface area contributed by atoms with Crippen molar-refractivity contribution in [2.75, 3.05) is 11.4 Å². The minimum Gasteiger partial charge on any atom is -0.508 e. The molecule has 0 amide bonds. The van der Waals surface area contributed by atoms with Gasteiger partial charge in [-0.05, 0) is 12.1 Å². The van der Waals surface area contributed by atoms with Crippen LogP contribution in [0.2, 0.25) is 10.0 Å². The first-order valence-corrected chi connectivity index (χ1v) is 7.81. The molecule has 2 heterocycles. The largest absolute Gasteiger partial charge is 0.508 e. The maximum absolute atomic E-state index is 10.1. The number of hydrogen-bond donors (Lipinski definition) is 1. The number of rotatable bonds is 3. The summed E-state index contributed by atoms with van der Waals surface area (Å²) in [7, 11) is 0. The molecule has 1 N–H and O–H groups in total. The summed E-state index contributed by atoms with van der Waals surface area (Å²) in [6.45, 7) is 4.29. The van der Waals surface area contributed by atoms with Crippen LogP contribution in [0, 0.1) is 0 Å². The number of aromatic nitrogens is 2. The Morgan fingerprint density at radius 3 is 2.86 bits per heavy atom. The molecule has 0 radical (unpaired) electrons. The fraction of sp³-hybridized carbons (Fsp3) is 0.200. The zero-order valence-electron chi connectivity index (χ0n) is 11.5. The molecule has 0 spiro atoms. The standard InChI is InChI=1S/C15H13Cl2N3OS/c1-2-19-8-10(6-18-19)20-7-9(5-13(20)22)14-12(21)4-3-11(16)15(14)17/h2-4,6,8-9,21H,1,5,7H2/t9-/m0/s1. The zero-order valence-corrected chi connectivity index (χ0v) is 13.9. The second kappa shape index (κ2) is 5.91. The lowest BCUT2D eigenvalue weighted by Gasteiger charge is -2.17. The van der Waals surface area contributed by atoms with Crippen molar-refractivity contribution >= 4 is 52.3 Å². The van der Waals surface area contributed by atoms with E-state index in [2.05, 4.69) is 11.7 Å². The van der Waals surface area contributed by atoms with E-state index >= 15 is 0 Å². The number of hydrogen-bond acceptors (Lipinski definition) is 3. The molecule has 0 aliphatic carbocycles. The molecule has 1 aromatic heterocycles. The monoisotopic (exact) mass is 353 g/mol. The molecule has 1 atom stereocenters. The van der Waals surface area contributed by atoms with Gasteiger partial charge in [-0.2, -0.15) is 5.10 Å². The van der Waals surface area contributed by atoms with E-state index in [1.54, 1.807) is 29.2 Å². The zero-order chi connectivity index (χ0) is 15.9. The molecule has 4 nitrogen and oxygen atoms in total. The Kier molecular flexibility index (Phi) is 4.12. The first-order chi connectivity index (χ1) is 10.5. The number of thiocarbonyl (C=S) groups is 1. The highest BCUT2D eigenvalue weighted by atomic mass is 35.5. The molecule has 114 valence electrons. The van der Waals surface area contributed by atoms with Gasteiger partial charge in [0.1, 0.15) is 5.75 Å². The molecule has 3 rings (SSSR count). The van der Waals surface area contributed by atoms with Gasteiger partial charge in [0, 0.05) is 30.6 Å². The SMILES string of the molecule is C=Cn1cc(N2C[C@@H](c3c(O)ccc(Cl)c3Cl)CC2=S)cn1. The molecule has 22 heavy (non-hydrogen) atoms. The predicted molar refractivity (Wildman–Crippen MR) is 94.0 cm³/mol. The molecule has 0 saturated carbocycles. The van der Waals surface area contributed by atoms with Gasteiger partial charge in [-0.15, -0.1) is 0 Å². The second-order valence-electron chi connectivity index (χ2n) is 5.06. The maximum atomic E-state index is 10.1. The summed E-state index contributed by atoms with van der Waals surface area (Å²) in [5.74, 6) is 0.136. The van der Waals surface area contributed by atoms with Crippen LogP contribution in [0.15, 0.2) is 31.1 Å². The third-order valence-electron chi connectivity index (χ3n) is 3.73. The number of benzene rings is 1. The smallest absolute Gasteiger partial charge is 0.120 e. The lowest BCUT2D eigenvalue weighted by molar-refractivity contribution is 0.463. The summed E-state index contributed by atoms with van der Waals surface area (Å²) in [4.78, 5) is 2.77. The van der Waals surface area contributed by atoms with Gasteiger partial charge in [0.05, 0.1) is 33.1 Å². The van der Waals surface area contributed by atoms with E-state index in [-0.39, 0.29) is 11.7 Å². The third kappa shape index (κ3) is 2.60. The lowest BCUT2D eigenvalue weighted by atomic mass is 9.97. The highest BCUT2D eigenvalue weighted by Crippen LogP contribution is 2.42. The van der Waals surface area contributed by atoms with Gasteiger partial charge in [-0.3, -0.25) is 0 Å². The summed E-state index contributed by atoms with van der Waals surface area (Å²) >= 11 is 17.8. The van der Waals surface area contributed by atoms with Crippen LogP contribution in [-0.2, 0) is 0 Å². The van der Waals surface area contributed by atoms with Gasteiger partial charge >= 0.3 is 0 Å². The summed E-state index contributed by atoms with van der Waals surface area (Å²) in [6.07, 6.45) is 5.82. The summed E-state index contributed by atoms with van der Waals surface area (Å²) < 4.78 is 1.62. The highest BCUT2D eigenvalue weighted by molar-refractivity contribution is 7.80. The molecule has 1 aliphatic rings. The molecule has 7 heteroatoms. The van der Waals surface area contributed by atoms with Crippen LogP contribution in [0.25, 0.3) is 6.20 Å². The van der Waals surface area contributed by atoms with Crippen molar-refractivity contribution in [3.63, 3.8) is 0 Å². The van der Waals surface area contributed by atoms with E-state index in [4.69, 9.17) is 35.4 Å². The van der Waals surface area contributed by atoms with Crippen molar-refractivity contribution in [1.29, 1.82) is 0 Å². The number of anilines is 1. The highest BCUT2D eigenvalue weighted by Gasteiger charge is 2.32. The summed E-state index contributed by atoms with van der Waals surface area (Å²) in [5, 5.41) is 15.1. The van der Waals surface area contributed by atoms with Crippen molar-refractivity contribution in [2.24, 2.45) is 0 Å². The van der Waals surface area contributed by atoms with Gasteiger partial charge in [0.25, 0.3) is 0 Å².